The Kier molecular flexibility index (Phi) is 4.43. The number of hydrogen-bond donors (Lipinski definition) is 0. The van der Waals surface area contributed by atoms with Crippen LogP contribution in [-0.2, 0) is 20.7 Å². The Labute approximate surface area is 117 Å². The third-order valence-electron chi connectivity index (χ3n) is 3.31. The Morgan fingerprint density at radius 3 is 3.00 bits per heavy atom. The number of esters is 1. The standard InChI is InChI=1S/C14H16ClNO3/c1-19-14(18)11-8-13(17)16(9-11)6-5-10-3-2-4-12(15)7-10/h2-4,7,11H,5-6,8-9H2,1H3. The van der Waals surface area contributed by atoms with Crippen LogP contribution in [0, 0.1) is 5.92 Å². The molecule has 5 heteroatoms. The second kappa shape index (κ2) is 6.06. The Morgan fingerprint density at radius 2 is 2.32 bits per heavy atom. The van der Waals surface area contributed by atoms with Crippen LogP contribution < -0.4 is 0 Å². The summed E-state index contributed by atoms with van der Waals surface area (Å²) in [5, 5.41) is 0.692. The average Bonchev–Trinajstić information content (AvgIpc) is 2.77. The van der Waals surface area contributed by atoms with Gasteiger partial charge in [-0.1, -0.05) is 23.7 Å². The Morgan fingerprint density at radius 1 is 1.53 bits per heavy atom. The fraction of sp³-hybridized carbons (Fsp3) is 0.429. The van der Waals surface area contributed by atoms with E-state index in [1.165, 1.54) is 7.11 Å². The number of benzene rings is 1. The molecule has 0 spiro atoms. The van der Waals surface area contributed by atoms with E-state index >= 15 is 0 Å². The molecule has 0 bridgehead atoms. The van der Waals surface area contributed by atoms with Crippen molar-refractivity contribution in [2.24, 2.45) is 5.92 Å². The number of ether oxygens (including phenoxy) is 1. The number of carbonyl (C=O) groups excluding carboxylic acids is 2. The molecular formula is C14H16ClNO3. The molecule has 1 aromatic rings. The zero-order chi connectivity index (χ0) is 13.8. The Hall–Kier alpha value is -1.55. The molecule has 0 aromatic heterocycles. The number of hydrogen-bond acceptors (Lipinski definition) is 3. The van der Waals surface area contributed by atoms with Gasteiger partial charge in [0.05, 0.1) is 13.0 Å². The van der Waals surface area contributed by atoms with E-state index in [-0.39, 0.29) is 24.2 Å². The van der Waals surface area contributed by atoms with Gasteiger partial charge >= 0.3 is 5.97 Å². The predicted octanol–water partition coefficient (Wildman–Crippen LogP) is 1.90. The molecule has 4 nitrogen and oxygen atoms in total. The first-order valence-corrected chi connectivity index (χ1v) is 6.58. The molecule has 102 valence electrons. The maximum atomic E-state index is 11.8. The first-order valence-electron chi connectivity index (χ1n) is 6.20. The maximum absolute atomic E-state index is 11.8. The minimum atomic E-state index is -0.322. The Bertz CT molecular complexity index is 489. The van der Waals surface area contributed by atoms with Crippen LogP contribution in [0.3, 0.4) is 0 Å². The van der Waals surface area contributed by atoms with Crippen molar-refractivity contribution in [3.8, 4) is 0 Å². The molecular weight excluding hydrogens is 266 g/mol. The lowest BCUT2D eigenvalue weighted by Crippen LogP contribution is -2.28. The van der Waals surface area contributed by atoms with Crippen LogP contribution in [0.15, 0.2) is 24.3 Å². The van der Waals surface area contributed by atoms with Crippen LogP contribution in [0.2, 0.25) is 5.02 Å². The van der Waals surface area contributed by atoms with Gasteiger partial charge in [0.15, 0.2) is 0 Å². The smallest absolute Gasteiger partial charge is 0.310 e. The van der Waals surface area contributed by atoms with Gasteiger partial charge in [0.1, 0.15) is 0 Å². The zero-order valence-electron chi connectivity index (χ0n) is 10.8. The molecule has 1 aliphatic heterocycles. The van der Waals surface area contributed by atoms with Crippen molar-refractivity contribution in [3.63, 3.8) is 0 Å². The predicted molar refractivity (Wildman–Crippen MR) is 71.9 cm³/mol. The molecule has 1 fully saturated rings. The lowest BCUT2D eigenvalue weighted by atomic mass is 10.1. The summed E-state index contributed by atoms with van der Waals surface area (Å²) < 4.78 is 4.67. The van der Waals surface area contributed by atoms with E-state index in [4.69, 9.17) is 11.6 Å². The van der Waals surface area contributed by atoms with Gasteiger partial charge in [0.2, 0.25) is 5.91 Å². The number of rotatable bonds is 4. The molecule has 1 saturated heterocycles. The fourth-order valence-electron chi connectivity index (χ4n) is 2.27. The van der Waals surface area contributed by atoms with Gasteiger partial charge < -0.3 is 9.64 Å². The van der Waals surface area contributed by atoms with Crippen molar-refractivity contribution in [1.29, 1.82) is 0 Å². The lowest BCUT2D eigenvalue weighted by Gasteiger charge is -2.16. The first kappa shape index (κ1) is 13.9. The van der Waals surface area contributed by atoms with Crippen molar-refractivity contribution in [2.45, 2.75) is 12.8 Å². The quantitative estimate of drug-likeness (QED) is 0.792. The van der Waals surface area contributed by atoms with Gasteiger partial charge in [-0.05, 0) is 24.1 Å². The van der Waals surface area contributed by atoms with Crippen LogP contribution in [0.25, 0.3) is 0 Å². The normalized spacial score (nSPS) is 18.7. The Balaban J connectivity index is 1.90. The summed E-state index contributed by atoms with van der Waals surface area (Å²) in [7, 11) is 1.35. The van der Waals surface area contributed by atoms with Gasteiger partial charge in [0, 0.05) is 24.5 Å². The molecule has 1 aromatic carbocycles. The summed E-state index contributed by atoms with van der Waals surface area (Å²) in [4.78, 5) is 24.9. The lowest BCUT2D eigenvalue weighted by molar-refractivity contribution is -0.145. The van der Waals surface area contributed by atoms with Crippen molar-refractivity contribution in [3.05, 3.63) is 34.9 Å². The van der Waals surface area contributed by atoms with E-state index in [1.807, 2.05) is 24.3 Å². The summed E-state index contributed by atoms with van der Waals surface area (Å²) in [6.45, 7) is 1.05. The highest BCUT2D eigenvalue weighted by Gasteiger charge is 2.34. The van der Waals surface area contributed by atoms with Gasteiger partial charge in [0.25, 0.3) is 0 Å². The largest absolute Gasteiger partial charge is 0.469 e. The van der Waals surface area contributed by atoms with Crippen LogP contribution in [0.4, 0.5) is 0 Å². The third kappa shape index (κ3) is 3.47. The van der Waals surface area contributed by atoms with Crippen LogP contribution in [0.1, 0.15) is 12.0 Å². The van der Waals surface area contributed by atoms with Crippen molar-refractivity contribution < 1.29 is 14.3 Å². The molecule has 0 N–H and O–H groups in total. The minimum absolute atomic E-state index is 0.0115. The molecule has 2 rings (SSSR count). The molecule has 0 aliphatic carbocycles. The number of amides is 1. The number of methoxy groups -OCH3 is 1. The topological polar surface area (TPSA) is 46.6 Å². The number of carbonyl (C=O) groups is 2. The SMILES string of the molecule is COC(=O)C1CC(=O)N(CCc2cccc(Cl)c2)C1. The van der Waals surface area contributed by atoms with Crippen molar-refractivity contribution in [2.75, 3.05) is 20.2 Å². The van der Waals surface area contributed by atoms with E-state index in [2.05, 4.69) is 4.74 Å². The average molecular weight is 282 g/mol. The van der Waals surface area contributed by atoms with E-state index in [0.717, 1.165) is 12.0 Å². The van der Waals surface area contributed by atoms with Gasteiger partial charge in [-0.3, -0.25) is 9.59 Å². The van der Waals surface area contributed by atoms with Crippen LogP contribution in [-0.4, -0.2) is 37.0 Å². The molecule has 1 amide bonds. The molecule has 0 radical (unpaired) electrons. The summed E-state index contributed by atoms with van der Waals surface area (Å²) in [5.74, 6) is -0.618. The highest BCUT2D eigenvalue weighted by molar-refractivity contribution is 6.30. The van der Waals surface area contributed by atoms with Gasteiger partial charge in [-0.2, -0.15) is 0 Å². The molecule has 1 atom stereocenters. The van der Waals surface area contributed by atoms with Crippen LogP contribution in [0.5, 0.6) is 0 Å². The van der Waals surface area contributed by atoms with E-state index in [1.54, 1.807) is 4.90 Å². The van der Waals surface area contributed by atoms with Crippen molar-refractivity contribution in [1.82, 2.24) is 4.90 Å². The second-order valence-electron chi connectivity index (χ2n) is 4.64. The van der Waals surface area contributed by atoms with Gasteiger partial charge in [-0.15, -0.1) is 0 Å². The van der Waals surface area contributed by atoms with Gasteiger partial charge in [-0.25, -0.2) is 0 Å². The fourth-order valence-corrected chi connectivity index (χ4v) is 2.48. The minimum Gasteiger partial charge on any atom is -0.469 e. The summed E-state index contributed by atoms with van der Waals surface area (Å²) >= 11 is 5.91. The molecule has 1 aliphatic rings. The van der Waals surface area contributed by atoms with Crippen molar-refractivity contribution >= 4 is 23.5 Å². The zero-order valence-corrected chi connectivity index (χ0v) is 11.5. The van der Waals surface area contributed by atoms with Crippen LogP contribution >= 0.6 is 11.6 Å². The number of nitrogens with zero attached hydrogens (tertiary/aromatic N) is 1. The molecule has 19 heavy (non-hydrogen) atoms. The van der Waals surface area contributed by atoms with E-state index in [0.29, 0.717) is 18.1 Å². The van der Waals surface area contributed by atoms with E-state index < -0.39 is 0 Å². The summed E-state index contributed by atoms with van der Waals surface area (Å²) in [5.41, 5.74) is 1.09. The molecule has 0 saturated carbocycles. The highest BCUT2D eigenvalue weighted by atomic mass is 35.5. The number of likely N-dealkylation sites (tertiary alicyclic amines) is 1. The number of halogens is 1. The molecule has 1 unspecified atom stereocenters. The monoisotopic (exact) mass is 281 g/mol. The second-order valence-corrected chi connectivity index (χ2v) is 5.08. The third-order valence-corrected chi connectivity index (χ3v) is 3.54. The summed E-state index contributed by atoms with van der Waals surface area (Å²) in [6, 6.07) is 7.57. The van der Waals surface area contributed by atoms with E-state index in [9.17, 15) is 9.59 Å². The highest BCUT2D eigenvalue weighted by Crippen LogP contribution is 2.20. The maximum Gasteiger partial charge on any atom is 0.310 e. The first-order chi connectivity index (χ1) is 9.10. The summed E-state index contributed by atoms with van der Waals surface area (Å²) in [6.07, 6.45) is 0.989. The molecule has 1 heterocycles.